The molecule has 0 saturated heterocycles. The zero-order valence-corrected chi connectivity index (χ0v) is 14.8. The average molecular weight is 340 g/mol. The van der Waals surface area contributed by atoms with Gasteiger partial charge in [0.25, 0.3) is 0 Å². The minimum absolute atomic E-state index is 0.204. The molecule has 1 aliphatic rings. The second kappa shape index (κ2) is 8.53. The lowest BCUT2D eigenvalue weighted by molar-refractivity contribution is -0.148. The van der Waals surface area contributed by atoms with E-state index >= 15 is 0 Å². The quantitative estimate of drug-likeness (QED) is 0.649. The van der Waals surface area contributed by atoms with Crippen molar-refractivity contribution in [3.8, 4) is 0 Å². The number of carboxylic acid groups (broad SMARTS) is 1. The summed E-state index contributed by atoms with van der Waals surface area (Å²) in [5.74, 6) is 0.553. The fraction of sp³-hybridized carbons (Fsp3) is 0.875. The number of methoxy groups -OCH3 is 1. The Kier molecular flexibility index (Phi) is 6.68. The lowest BCUT2D eigenvalue weighted by Gasteiger charge is -2.22. The highest BCUT2D eigenvalue weighted by Crippen LogP contribution is 2.42. The first-order valence-corrected chi connectivity index (χ1v) is 8.57. The molecular weight excluding hydrogens is 312 g/mol. The first-order chi connectivity index (χ1) is 11.5. The number of hydrogen-bond donors (Lipinski definition) is 1. The Morgan fingerprint density at radius 3 is 2.92 bits per heavy atom. The van der Waals surface area contributed by atoms with Crippen molar-refractivity contribution < 1.29 is 19.4 Å². The van der Waals surface area contributed by atoms with Crippen LogP contribution in [0.25, 0.3) is 0 Å². The van der Waals surface area contributed by atoms with Crippen LogP contribution in [0.1, 0.15) is 51.8 Å². The lowest BCUT2D eigenvalue weighted by Crippen LogP contribution is -2.41. The number of ether oxygens (including phenoxy) is 2. The van der Waals surface area contributed by atoms with Crippen molar-refractivity contribution in [2.45, 2.75) is 58.1 Å². The van der Waals surface area contributed by atoms with Crippen molar-refractivity contribution in [3.05, 3.63) is 5.82 Å². The van der Waals surface area contributed by atoms with Crippen LogP contribution in [0, 0.1) is 11.8 Å². The molecule has 8 nitrogen and oxygen atoms in total. The third-order valence-electron chi connectivity index (χ3n) is 4.64. The Hall–Kier alpha value is -1.54. The van der Waals surface area contributed by atoms with Gasteiger partial charge in [0, 0.05) is 7.11 Å². The highest BCUT2D eigenvalue weighted by molar-refractivity contribution is 5.76. The van der Waals surface area contributed by atoms with E-state index in [1.807, 2.05) is 0 Å². The molecule has 1 fully saturated rings. The van der Waals surface area contributed by atoms with Gasteiger partial charge >= 0.3 is 5.97 Å². The van der Waals surface area contributed by atoms with Crippen LogP contribution in [-0.4, -0.2) is 51.6 Å². The van der Waals surface area contributed by atoms with Crippen molar-refractivity contribution in [1.29, 1.82) is 0 Å². The number of rotatable bonds is 10. The summed E-state index contributed by atoms with van der Waals surface area (Å²) in [7, 11) is 1.60. The second-order valence-corrected chi connectivity index (χ2v) is 6.96. The van der Waals surface area contributed by atoms with Gasteiger partial charge in [-0.15, -0.1) is 15.0 Å². The maximum Gasteiger partial charge on any atom is 0.333 e. The fourth-order valence-corrected chi connectivity index (χ4v) is 3.19. The van der Waals surface area contributed by atoms with E-state index in [0.29, 0.717) is 43.7 Å². The lowest BCUT2D eigenvalue weighted by atomic mass is 9.93. The summed E-state index contributed by atoms with van der Waals surface area (Å²) >= 11 is 0. The molecule has 2 unspecified atom stereocenters. The van der Waals surface area contributed by atoms with E-state index in [4.69, 9.17) is 9.47 Å². The van der Waals surface area contributed by atoms with Crippen LogP contribution in [0.4, 0.5) is 0 Å². The molecule has 24 heavy (non-hydrogen) atoms. The van der Waals surface area contributed by atoms with E-state index in [0.717, 1.165) is 19.3 Å². The van der Waals surface area contributed by atoms with Gasteiger partial charge in [0.1, 0.15) is 6.61 Å². The highest BCUT2D eigenvalue weighted by Gasteiger charge is 2.49. The number of aromatic nitrogens is 4. The van der Waals surface area contributed by atoms with Gasteiger partial charge in [-0.1, -0.05) is 26.7 Å². The monoisotopic (exact) mass is 340 g/mol. The molecule has 0 spiro atoms. The van der Waals surface area contributed by atoms with Gasteiger partial charge in [0.05, 0.1) is 13.2 Å². The second-order valence-electron chi connectivity index (χ2n) is 6.96. The standard InChI is InChI=1S/C16H28N4O4/c1-12(2)4-5-13-6-7-16(10-13,15(21)22)20-18-14(17-19-20)11-24-9-8-23-3/h12-13H,4-11H2,1-3H3,(H,21,22). The zero-order valence-electron chi connectivity index (χ0n) is 14.8. The minimum atomic E-state index is -1.07. The molecule has 1 saturated carbocycles. The van der Waals surface area contributed by atoms with Gasteiger partial charge in [-0.05, 0) is 36.3 Å². The third-order valence-corrected chi connectivity index (χ3v) is 4.64. The Morgan fingerprint density at radius 1 is 1.46 bits per heavy atom. The molecule has 8 heteroatoms. The number of nitrogens with zero attached hydrogens (tertiary/aromatic N) is 4. The van der Waals surface area contributed by atoms with E-state index in [1.54, 1.807) is 7.11 Å². The van der Waals surface area contributed by atoms with Gasteiger partial charge in [-0.3, -0.25) is 0 Å². The number of tetrazole rings is 1. The smallest absolute Gasteiger partial charge is 0.333 e. The molecule has 0 amide bonds. The van der Waals surface area contributed by atoms with Crippen LogP contribution in [0.15, 0.2) is 0 Å². The van der Waals surface area contributed by atoms with Crippen LogP contribution in [-0.2, 0) is 26.4 Å². The maximum atomic E-state index is 11.9. The normalized spacial score (nSPS) is 23.9. The highest BCUT2D eigenvalue weighted by atomic mass is 16.5. The first-order valence-electron chi connectivity index (χ1n) is 8.57. The molecule has 1 heterocycles. The Bertz CT molecular complexity index is 534. The number of carboxylic acids is 1. The summed E-state index contributed by atoms with van der Waals surface area (Å²) in [5, 5.41) is 22.0. The molecule has 0 aliphatic heterocycles. The molecule has 2 atom stereocenters. The van der Waals surface area contributed by atoms with E-state index in [2.05, 4.69) is 29.3 Å². The summed E-state index contributed by atoms with van der Waals surface area (Å²) in [4.78, 5) is 13.2. The summed E-state index contributed by atoms with van der Waals surface area (Å²) in [5.41, 5.74) is -1.07. The molecule has 2 rings (SSSR count). The Labute approximate surface area is 142 Å². The fourth-order valence-electron chi connectivity index (χ4n) is 3.19. The molecule has 136 valence electrons. The van der Waals surface area contributed by atoms with Gasteiger partial charge in [-0.2, -0.15) is 0 Å². The third kappa shape index (κ3) is 4.51. The summed E-state index contributed by atoms with van der Waals surface area (Å²) < 4.78 is 10.3. The SMILES string of the molecule is COCCOCc1nnn(C2(C(=O)O)CCC(CCC(C)C)C2)n1. The minimum Gasteiger partial charge on any atom is -0.479 e. The van der Waals surface area contributed by atoms with Crippen molar-refractivity contribution in [2.24, 2.45) is 11.8 Å². The van der Waals surface area contributed by atoms with Gasteiger partial charge in [0.2, 0.25) is 0 Å². The topological polar surface area (TPSA) is 99.4 Å². The Balaban J connectivity index is 2.00. The van der Waals surface area contributed by atoms with Crippen molar-refractivity contribution in [3.63, 3.8) is 0 Å². The molecule has 1 aromatic rings. The summed E-state index contributed by atoms with van der Waals surface area (Å²) in [6.07, 6.45) is 4.17. The number of carbonyl (C=O) groups is 1. The van der Waals surface area contributed by atoms with Crippen LogP contribution in [0.5, 0.6) is 0 Å². The van der Waals surface area contributed by atoms with Gasteiger partial charge in [0.15, 0.2) is 11.4 Å². The van der Waals surface area contributed by atoms with Gasteiger partial charge < -0.3 is 14.6 Å². The summed E-state index contributed by atoms with van der Waals surface area (Å²) in [6.45, 7) is 5.51. The molecule has 1 aliphatic carbocycles. The van der Waals surface area contributed by atoms with Crippen molar-refractivity contribution >= 4 is 5.97 Å². The largest absolute Gasteiger partial charge is 0.479 e. The zero-order chi connectivity index (χ0) is 17.6. The van der Waals surface area contributed by atoms with E-state index in [1.165, 1.54) is 4.80 Å². The van der Waals surface area contributed by atoms with Crippen LogP contribution in [0.3, 0.4) is 0 Å². The maximum absolute atomic E-state index is 11.9. The Morgan fingerprint density at radius 2 is 2.25 bits per heavy atom. The summed E-state index contributed by atoms with van der Waals surface area (Å²) in [6, 6.07) is 0. The van der Waals surface area contributed by atoms with Crippen molar-refractivity contribution in [1.82, 2.24) is 20.2 Å². The molecular formula is C16H28N4O4. The van der Waals surface area contributed by atoms with Crippen molar-refractivity contribution in [2.75, 3.05) is 20.3 Å². The van der Waals surface area contributed by atoms with E-state index < -0.39 is 11.5 Å². The first kappa shape index (κ1) is 18.8. The molecule has 1 aromatic heterocycles. The number of hydrogen-bond acceptors (Lipinski definition) is 6. The predicted octanol–water partition coefficient (Wildman–Crippen LogP) is 1.85. The van der Waals surface area contributed by atoms with E-state index in [-0.39, 0.29) is 6.61 Å². The predicted molar refractivity (Wildman–Crippen MR) is 86.4 cm³/mol. The molecule has 0 aromatic carbocycles. The van der Waals surface area contributed by atoms with Crippen LogP contribution >= 0.6 is 0 Å². The van der Waals surface area contributed by atoms with Crippen LogP contribution in [0.2, 0.25) is 0 Å². The van der Waals surface area contributed by atoms with Gasteiger partial charge in [-0.25, -0.2) is 4.79 Å². The average Bonchev–Trinajstić information content (AvgIpc) is 3.17. The van der Waals surface area contributed by atoms with E-state index in [9.17, 15) is 9.90 Å². The molecule has 0 bridgehead atoms. The molecule has 0 radical (unpaired) electrons. The molecule has 1 N–H and O–H groups in total. The number of aliphatic carboxylic acids is 1. The van der Waals surface area contributed by atoms with Crippen LogP contribution < -0.4 is 0 Å².